The normalized spacial score (nSPS) is 15.1. The SMILES string of the molecule is CC(C)(C)OC(=O)c1ncn2c1cc(N1CCN(C(=O)OC(C)(C)C)CC1)c1cc(Cl)ccc12. The summed E-state index contributed by atoms with van der Waals surface area (Å²) in [5, 5.41) is 1.56. The van der Waals surface area contributed by atoms with Crippen LogP contribution in [0.3, 0.4) is 0 Å². The number of carbonyl (C=O) groups is 2. The van der Waals surface area contributed by atoms with Crippen molar-refractivity contribution in [2.75, 3.05) is 31.1 Å². The summed E-state index contributed by atoms with van der Waals surface area (Å²) in [7, 11) is 0. The van der Waals surface area contributed by atoms with Gasteiger partial charge in [-0.3, -0.25) is 4.40 Å². The summed E-state index contributed by atoms with van der Waals surface area (Å²) in [6.07, 6.45) is 1.33. The zero-order valence-corrected chi connectivity index (χ0v) is 21.3. The van der Waals surface area contributed by atoms with Crippen LogP contribution in [0, 0.1) is 0 Å². The highest BCUT2D eigenvalue weighted by Crippen LogP contribution is 2.33. The van der Waals surface area contributed by atoms with Crippen LogP contribution in [0.4, 0.5) is 10.5 Å². The van der Waals surface area contributed by atoms with Crippen LogP contribution < -0.4 is 4.90 Å². The van der Waals surface area contributed by atoms with E-state index in [0.29, 0.717) is 36.7 Å². The van der Waals surface area contributed by atoms with E-state index in [4.69, 9.17) is 21.1 Å². The van der Waals surface area contributed by atoms with Gasteiger partial charge >= 0.3 is 12.1 Å². The highest BCUT2D eigenvalue weighted by molar-refractivity contribution is 6.31. The number of carbonyl (C=O) groups excluding carboxylic acids is 2. The van der Waals surface area contributed by atoms with Gasteiger partial charge in [0.05, 0.1) is 11.0 Å². The molecule has 1 aliphatic heterocycles. The molecule has 0 unspecified atom stereocenters. The number of benzene rings is 1. The van der Waals surface area contributed by atoms with Crippen LogP contribution in [-0.4, -0.2) is 63.7 Å². The molecule has 0 radical (unpaired) electrons. The van der Waals surface area contributed by atoms with E-state index in [1.807, 2.05) is 70.2 Å². The van der Waals surface area contributed by atoms with Gasteiger partial charge in [0.2, 0.25) is 0 Å². The Morgan fingerprint density at radius 2 is 1.56 bits per heavy atom. The van der Waals surface area contributed by atoms with Crippen LogP contribution in [0.5, 0.6) is 0 Å². The van der Waals surface area contributed by atoms with Crippen LogP contribution in [0.15, 0.2) is 30.6 Å². The molecule has 182 valence electrons. The average Bonchev–Trinajstić information content (AvgIpc) is 3.15. The van der Waals surface area contributed by atoms with E-state index in [0.717, 1.165) is 16.6 Å². The minimum atomic E-state index is -0.627. The van der Waals surface area contributed by atoms with E-state index < -0.39 is 17.2 Å². The molecule has 34 heavy (non-hydrogen) atoms. The van der Waals surface area contributed by atoms with E-state index >= 15 is 0 Å². The monoisotopic (exact) mass is 486 g/mol. The van der Waals surface area contributed by atoms with Crippen molar-refractivity contribution in [1.29, 1.82) is 0 Å². The number of nitrogens with zero attached hydrogens (tertiary/aromatic N) is 4. The Morgan fingerprint density at radius 1 is 0.912 bits per heavy atom. The van der Waals surface area contributed by atoms with E-state index in [2.05, 4.69) is 9.88 Å². The molecule has 4 rings (SSSR count). The third kappa shape index (κ3) is 5.06. The number of anilines is 1. The first-order valence-corrected chi connectivity index (χ1v) is 11.8. The van der Waals surface area contributed by atoms with Crippen LogP contribution in [0.2, 0.25) is 5.02 Å². The van der Waals surface area contributed by atoms with Crippen molar-refractivity contribution in [3.63, 3.8) is 0 Å². The Kier molecular flexibility index (Phi) is 6.14. The molecule has 3 heterocycles. The number of pyridine rings is 1. The Morgan fingerprint density at radius 3 is 2.18 bits per heavy atom. The second kappa shape index (κ2) is 8.65. The predicted octanol–water partition coefficient (Wildman–Crippen LogP) is 5.15. The Hall–Kier alpha value is -3.00. The third-order valence-electron chi connectivity index (χ3n) is 5.44. The Labute approximate surface area is 204 Å². The summed E-state index contributed by atoms with van der Waals surface area (Å²) in [4.78, 5) is 33.6. The lowest BCUT2D eigenvalue weighted by atomic mass is 10.1. The molecule has 0 N–H and O–H groups in total. The van der Waals surface area contributed by atoms with Gasteiger partial charge in [-0.05, 0) is 65.8 Å². The molecule has 8 nitrogen and oxygen atoms in total. The van der Waals surface area contributed by atoms with Crippen LogP contribution in [0.25, 0.3) is 16.4 Å². The molecule has 9 heteroatoms. The van der Waals surface area contributed by atoms with Gasteiger partial charge < -0.3 is 19.3 Å². The van der Waals surface area contributed by atoms with Crippen molar-refractivity contribution >= 4 is 45.8 Å². The van der Waals surface area contributed by atoms with Crippen LogP contribution in [-0.2, 0) is 9.47 Å². The number of aromatic nitrogens is 2. The highest BCUT2D eigenvalue weighted by atomic mass is 35.5. The molecule has 1 aliphatic rings. The maximum atomic E-state index is 12.9. The van der Waals surface area contributed by atoms with Crippen LogP contribution in [0.1, 0.15) is 52.0 Å². The van der Waals surface area contributed by atoms with Crippen molar-refractivity contribution in [1.82, 2.24) is 14.3 Å². The smallest absolute Gasteiger partial charge is 0.410 e. The van der Waals surface area contributed by atoms with Gasteiger partial charge in [-0.25, -0.2) is 14.6 Å². The molecule has 0 bridgehead atoms. The number of hydrogen-bond donors (Lipinski definition) is 0. The highest BCUT2D eigenvalue weighted by Gasteiger charge is 2.28. The zero-order chi connectivity index (χ0) is 24.8. The molecule has 0 spiro atoms. The van der Waals surface area contributed by atoms with Gasteiger partial charge in [0.15, 0.2) is 5.69 Å². The number of halogens is 1. The Bertz CT molecular complexity index is 1250. The van der Waals surface area contributed by atoms with E-state index in [9.17, 15) is 9.59 Å². The van der Waals surface area contributed by atoms with Gasteiger partial charge in [-0.15, -0.1) is 0 Å². The van der Waals surface area contributed by atoms with Gasteiger partial charge in [-0.2, -0.15) is 0 Å². The minimum absolute atomic E-state index is 0.264. The summed E-state index contributed by atoms with van der Waals surface area (Å²) in [6.45, 7) is 13.4. The zero-order valence-electron chi connectivity index (χ0n) is 20.5. The number of rotatable bonds is 2. The fraction of sp³-hybridized carbons (Fsp3) is 0.480. The van der Waals surface area contributed by atoms with E-state index in [1.165, 1.54) is 0 Å². The molecule has 1 fully saturated rings. The average molecular weight is 487 g/mol. The molecule has 0 atom stereocenters. The summed E-state index contributed by atoms with van der Waals surface area (Å²) in [5.41, 5.74) is 1.58. The number of amides is 1. The number of piperazine rings is 1. The quantitative estimate of drug-likeness (QED) is 0.466. The van der Waals surface area contributed by atoms with Crippen molar-refractivity contribution < 1.29 is 19.1 Å². The largest absolute Gasteiger partial charge is 0.455 e. The van der Waals surface area contributed by atoms with Gasteiger partial charge in [0.25, 0.3) is 0 Å². The van der Waals surface area contributed by atoms with Gasteiger partial charge in [-0.1, -0.05) is 11.6 Å². The second-order valence-electron chi connectivity index (χ2n) is 10.5. The van der Waals surface area contributed by atoms with Crippen molar-refractivity contribution in [3.8, 4) is 0 Å². The van der Waals surface area contributed by atoms with Crippen molar-refractivity contribution in [2.24, 2.45) is 0 Å². The first-order chi connectivity index (χ1) is 15.8. The number of hydrogen-bond acceptors (Lipinski definition) is 6. The maximum absolute atomic E-state index is 12.9. The van der Waals surface area contributed by atoms with Gasteiger partial charge in [0.1, 0.15) is 17.5 Å². The van der Waals surface area contributed by atoms with E-state index in [1.54, 1.807) is 11.2 Å². The van der Waals surface area contributed by atoms with Gasteiger partial charge in [0, 0.05) is 42.3 Å². The fourth-order valence-corrected chi connectivity index (χ4v) is 4.19. The molecule has 0 saturated carbocycles. The number of fused-ring (bicyclic) bond motifs is 3. The standard InChI is InChI=1S/C25H31ClN4O4/c1-24(2,3)33-22(31)21-20-14-19(17-13-16(26)7-8-18(17)30(20)15-27-21)28-9-11-29(12-10-28)23(32)34-25(4,5)6/h7-8,13-15H,9-12H2,1-6H3. The lowest BCUT2D eigenvalue weighted by Gasteiger charge is -2.37. The molecule has 1 saturated heterocycles. The molecular formula is C25H31ClN4O4. The Balaban J connectivity index is 1.70. The maximum Gasteiger partial charge on any atom is 0.410 e. The fourth-order valence-electron chi connectivity index (χ4n) is 4.02. The second-order valence-corrected chi connectivity index (χ2v) is 10.9. The molecule has 1 aromatic carbocycles. The predicted molar refractivity (Wildman–Crippen MR) is 133 cm³/mol. The minimum Gasteiger partial charge on any atom is -0.455 e. The summed E-state index contributed by atoms with van der Waals surface area (Å²) >= 11 is 6.35. The van der Waals surface area contributed by atoms with Crippen molar-refractivity contribution in [3.05, 3.63) is 41.3 Å². The summed E-state index contributed by atoms with van der Waals surface area (Å²) in [6, 6.07) is 7.61. The number of esters is 1. The first kappa shape index (κ1) is 24.1. The summed E-state index contributed by atoms with van der Waals surface area (Å²) < 4.78 is 13.0. The lowest BCUT2D eigenvalue weighted by molar-refractivity contribution is 0.00650. The molecule has 2 aromatic heterocycles. The molecule has 3 aromatic rings. The topological polar surface area (TPSA) is 76.4 Å². The van der Waals surface area contributed by atoms with E-state index in [-0.39, 0.29) is 11.8 Å². The van der Waals surface area contributed by atoms with Crippen molar-refractivity contribution in [2.45, 2.75) is 52.7 Å². The first-order valence-electron chi connectivity index (χ1n) is 11.4. The van der Waals surface area contributed by atoms with Crippen LogP contribution >= 0.6 is 11.6 Å². The third-order valence-corrected chi connectivity index (χ3v) is 5.67. The lowest BCUT2D eigenvalue weighted by Crippen LogP contribution is -2.50. The number of imidazole rings is 1. The molecule has 0 aliphatic carbocycles. The summed E-state index contributed by atoms with van der Waals surface area (Å²) in [5.74, 6) is -0.469. The molecule has 1 amide bonds. The molecular weight excluding hydrogens is 456 g/mol. The number of ether oxygens (including phenoxy) is 2.